The fraction of sp³-hybridized carbons (Fsp3) is 0.304. The standard InChI is InChI=1S/C23H25N3O5S2/c1-3-24-22(27)15-6-8-18(31-2)21(14-15)33(29,30)25-17-7-9-19-16(12-17)13-20(32-19)23(28)26-10-4-5-11-26/h6-9,12-14,25H,3-5,10-11H2,1-2H3,(H,24,27). The Hall–Kier alpha value is -3.11. The van der Waals surface area contributed by atoms with Crippen molar-refractivity contribution in [1.29, 1.82) is 0 Å². The molecule has 2 amide bonds. The van der Waals surface area contributed by atoms with Crippen LogP contribution in [0, 0.1) is 0 Å². The number of hydrogen-bond donors (Lipinski definition) is 2. The van der Waals surface area contributed by atoms with E-state index in [1.54, 1.807) is 31.2 Å². The molecule has 10 heteroatoms. The summed E-state index contributed by atoms with van der Waals surface area (Å²) in [6.45, 7) is 3.75. The molecule has 8 nitrogen and oxygen atoms in total. The second-order valence-corrected chi connectivity index (χ2v) is 10.4. The van der Waals surface area contributed by atoms with E-state index in [0.717, 1.165) is 36.0 Å². The SMILES string of the molecule is CCNC(=O)c1ccc(OC)c(S(=O)(=O)Nc2ccc3sc(C(=O)N4CCCC4)cc3c2)c1. The van der Waals surface area contributed by atoms with Crippen LogP contribution >= 0.6 is 11.3 Å². The van der Waals surface area contributed by atoms with E-state index < -0.39 is 10.0 Å². The van der Waals surface area contributed by atoms with E-state index in [1.807, 2.05) is 4.90 Å². The number of hydrogen-bond acceptors (Lipinski definition) is 6. The summed E-state index contributed by atoms with van der Waals surface area (Å²) in [6.07, 6.45) is 2.04. The van der Waals surface area contributed by atoms with Crippen LogP contribution in [0.15, 0.2) is 47.4 Å². The van der Waals surface area contributed by atoms with Crippen molar-refractivity contribution in [2.45, 2.75) is 24.7 Å². The molecule has 0 radical (unpaired) electrons. The summed E-state index contributed by atoms with van der Waals surface area (Å²) in [7, 11) is -2.67. The average Bonchev–Trinajstić information content (AvgIpc) is 3.48. The van der Waals surface area contributed by atoms with Crippen LogP contribution in [-0.4, -0.2) is 51.9 Å². The lowest BCUT2D eigenvalue weighted by atomic mass is 10.2. The van der Waals surface area contributed by atoms with Gasteiger partial charge in [0, 0.05) is 35.6 Å². The molecule has 0 saturated carbocycles. The van der Waals surface area contributed by atoms with Gasteiger partial charge < -0.3 is 15.0 Å². The lowest BCUT2D eigenvalue weighted by Crippen LogP contribution is -2.26. The minimum absolute atomic E-state index is 0.0164. The zero-order chi connectivity index (χ0) is 23.6. The van der Waals surface area contributed by atoms with E-state index in [-0.39, 0.29) is 28.0 Å². The van der Waals surface area contributed by atoms with Gasteiger partial charge in [-0.25, -0.2) is 8.42 Å². The second kappa shape index (κ2) is 9.40. The van der Waals surface area contributed by atoms with E-state index in [4.69, 9.17) is 4.74 Å². The highest BCUT2D eigenvalue weighted by Gasteiger charge is 2.23. The number of thiophene rings is 1. The first-order chi connectivity index (χ1) is 15.8. The summed E-state index contributed by atoms with van der Waals surface area (Å²) in [5, 5.41) is 3.44. The molecule has 2 N–H and O–H groups in total. The molecule has 2 heterocycles. The summed E-state index contributed by atoms with van der Waals surface area (Å²) < 4.78 is 35.0. The van der Waals surface area contributed by atoms with Gasteiger partial charge in [-0.1, -0.05) is 0 Å². The minimum Gasteiger partial charge on any atom is -0.495 e. The molecule has 174 valence electrons. The molecule has 1 saturated heterocycles. The number of benzene rings is 2. The van der Waals surface area contributed by atoms with Crippen molar-refractivity contribution < 1.29 is 22.7 Å². The third-order valence-electron chi connectivity index (χ3n) is 5.43. The zero-order valence-corrected chi connectivity index (χ0v) is 20.0. The molecule has 0 unspecified atom stereocenters. The van der Waals surface area contributed by atoms with Crippen LogP contribution in [-0.2, 0) is 10.0 Å². The Kier molecular flexibility index (Phi) is 6.57. The first kappa shape index (κ1) is 23.1. The molecule has 1 aliphatic heterocycles. The quantitative estimate of drug-likeness (QED) is 0.529. The lowest BCUT2D eigenvalue weighted by molar-refractivity contribution is 0.0797. The fourth-order valence-electron chi connectivity index (χ4n) is 3.79. The highest BCUT2D eigenvalue weighted by molar-refractivity contribution is 7.92. The van der Waals surface area contributed by atoms with Crippen LogP contribution in [0.1, 0.15) is 39.8 Å². The van der Waals surface area contributed by atoms with Crippen molar-refractivity contribution in [3.8, 4) is 5.75 Å². The molecular weight excluding hydrogens is 462 g/mol. The molecule has 33 heavy (non-hydrogen) atoms. The Morgan fingerprint density at radius 2 is 1.85 bits per heavy atom. The predicted octanol–water partition coefficient (Wildman–Crippen LogP) is 3.70. The Morgan fingerprint density at radius 3 is 2.55 bits per heavy atom. The van der Waals surface area contributed by atoms with Crippen LogP contribution in [0.3, 0.4) is 0 Å². The van der Waals surface area contributed by atoms with Crippen LogP contribution in [0.25, 0.3) is 10.1 Å². The van der Waals surface area contributed by atoms with Gasteiger partial charge in [0.1, 0.15) is 10.6 Å². The number of fused-ring (bicyclic) bond motifs is 1. The van der Waals surface area contributed by atoms with E-state index in [2.05, 4.69) is 10.0 Å². The Balaban J connectivity index is 1.62. The monoisotopic (exact) mass is 487 g/mol. The molecule has 1 aromatic heterocycles. The van der Waals surface area contributed by atoms with Crippen LogP contribution in [0.4, 0.5) is 5.69 Å². The topological polar surface area (TPSA) is 105 Å². The normalized spacial score (nSPS) is 13.8. The number of ether oxygens (including phenoxy) is 1. The smallest absolute Gasteiger partial charge is 0.265 e. The highest BCUT2D eigenvalue weighted by Crippen LogP contribution is 2.32. The molecule has 2 aromatic carbocycles. The van der Waals surface area contributed by atoms with Crippen LogP contribution < -0.4 is 14.8 Å². The van der Waals surface area contributed by atoms with Gasteiger partial charge in [-0.05, 0) is 67.6 Å². The number of anilines is 1. The number of methoxy groups -OCH3 is 1. The van der Waals surface area contributed by atoms with Gasteiger partial charge in [-0.2, -0.15) is 0 Å². The van der Waals surface area contributed by atoms with Gasteiger partial charge >= 0.3 is 0 Å². The molecule has 4 rings (SSSR count). The van der Waals surface area contributed by atoms with Crippen molar-refractivity contribution in [2.75, 3.05) is 31.5 Å². The minimum atomic E-state index is -4.05. The van der Waals surface area contributed by atoms with E-state index in [0.29, 0.717) is 17.1 Å². The number of nitrogens with one attached hydrogen (secondary N) is 2. The number of sulfonamides is 1. The first-order valence-corrected chi connectivity index (χ1v) is 12.9. The molecule has 0 atom stereocenters. The Labute approximate surface area is 196 Å². The number of carbonyl (C=O) groups is 2. The number of nitrogens with zero attached hydrogens (tertiary/aromatic N) is 1. The molecule has 1 fully saturated rings. The maximum Gasteiger partial charge on any atom is 0.265 e. The van der Waals surface area contributed by atoms with E-state index in [9.17, 15) is 18.0 Å². The highest BCUT2D eigenvalue weighted by atomic mass is 32.2. The van der Waals surface area contributed by atoms with Gasteiger partial charge in [0.05, 0.1) is 12.0 Å². The number of likely N-dealkylation sites (tertiary alicyclic amines) is 1. The van der Waals surface area contributed by atoms with Gasteiger partial charge in [0.2, 0.25) is 0 Å². The fourth-order valence-corrected chi connectivity index (χ4v) is 6.05. The van der Waals surface area contributed by atoms with Crippen molar-refractivity contribution in [3.63, 3.8) is 0 Å². The lowest BCUT2D eigenvalue weighted by Gasteiger charge is -2.13. The van der Waals surface area contributed by atoms with E-state index >= 15 is 0 Å². The summed E-state index contributed by atoms with van der Waals surface area (Å²) in [6, 6.07) is 11.2. The summed E-state index contributed by atoms with van der Waals surface area (Å²) in [4.78, 5) is 27.2. The van der Waals surface area contributed by atoms with Gasteiger partial charge in [-0.15, -0.1) is 11.3 Å². The van der Waals surface area contributed by atoms with Crippen molar-refractivity contribution in [3.05, 3.63) is 52.9 Å². The maximum atomic E-state index is 13.2. The van der Waals surface area contributed by atoms with Crippen molar-refractivity contribution in [1.82, 2.24) is 10.2 Å². The Morgan fingerprint density at radius 1 is 1.09 bits per heavy atom. The molecule has 3 aromatic rings. The number of rotatable bonds is 7. The number of amides is 2. The van der Waals surface area contributed by atoms with Crippen molar-refractivity contribution in [2.24, 2.45) is 0 Å². The first-order valence-electron chi connectivity index (χ1n) is 10.6. The average molecular weight is 488 g/mol. The molecule has 1 aliphatic rings. The number of carbonyl (C=O) groups excluding carboxylic acids is 2. The molecule has 0 spiro atoms. The van der Waals surface area contributed by atoms with E-state index in [1.165, 1.54) is 36.6 Å². The summed E-state index contributed by atoms with van der Waals surface area (Å²) in [5.74, 6) is -0.222. The Bertz CT molecular complexity index is 1310. The summed E-state index contributed by atoms with van der Waals surface area (Å²) in [5.41, 5.74) is 0.572. The van der Waals surface area contributed by atoms with Crippen LogP contribution in [0.5, 0.6) is 5.75 Å². The largest absolute Gasteiger partial charge is 0.495 e. The van der Waals surface area contributed by atoms with Gasteiger partial charge in [0.15, 0.2) is 0 Å². The third kappa shape index (κ3) is 4.81. The summed E-state index contributed by atoms with van der Waals surface area (Å²) >= 11 is 1.40. The van der Waals surface area contributed by atoms with Gasteiger partial charge in [-0.3, -0.25) is 14.3 Å². The molecule has 0 aliphatic carbocycles. The predicted molar refractivity (Wildman–Crippen MR) is 129 cm³/mol. The third-order valence-corrected chi connectivity index (χ3v) is 7.93. The van der Waals surface area contributed by atoms with Gasteiger partial charge in [0.25, 0.3) is 21.8 Å². The molecular formula is C23H25N3O5S2. The van der Waals surface area contributed by atoms with Crippen LogP contribution in [0.2, 0.25) is 0 Å². The maximum absolute atomic E-state index is 13.2. The molecule has 0 bridgehead atoms. The zero-order valence-electron chi connectivity index (χ0n) is 18.4. The second-order valence-electron chi connectivity index (χ2n) is 7.69. The van der Waals surface area contributed by atoms with Crippen molar-refractivity contribution >= 4 is 48.9 Å².